The number of carbonyl (C=O) groups excluding carboxylic acids is 1. The maximum atomic E-state index is 11.5. The molecular formula is C11H16N2O. The first-order valence-electron chi connectivity index (χ1n) is 5.33. The van der Waals surface area contributed by atoms with Crippen LogP contribution in [0.2, 0.25) is 0 Å². The summed E-state index contributed by atoms with van der Waals surface area (Å²) in [5.74, 6) is 1.26. The number of nitrogens with zero attached hydrogens (tertiary/aromatic N) is 2. The van der Waals surface area contributed by atoms with E-state index in [9.17, 15) is 4.79 Å². The minimum absolute atomic E-state index is 0.155. The zero-order valence-electron chi connectivity index (χ0n) is 8.84. The third-order valence-corrected chi connectivity index (χ3v) is 2.82. The lowest BCUT2D eigenvalue weighted by Crippen LogP contribution is -2.15. The van der Waals surface area contributed by atoms with Crippen molar-refractivity contribution in [2.45, 2.75) is 46.1 Å². The molecule has 0 fully saturated rings. The molecule has 1 aliphatic rings. The number of aryl methyl sites for hydroxylation is 2. The summed E-state index contributed by atoms with van der Waals surface area (Å²) in [5, 5.41) is 0. The summed E-state index contributed by atoms with van der Waals surface area (Å²) in [4.78, 5) is 16.0. The van der Waals surface area contributed by atoms with Crippen molar-refractivity contribution in [2.75, 3.05) is 0 Å². The topological polar surface area (TPSA) is 34.9 Å². The number of imidazole rings is 1. The molecule has 1 aromatic heterocycles. The number of ketones is 1. The Morgan fingerprint density at radius 1 is 1.50 bits per heavy atom. The van der Waals surface area contributed by atoms with E-state index in [1.54, 1.807) is 6.92 Å². The van der Waals surface area contributed by atoms with Crippen molar-refractivity contribution in [2.24, 2.45) is 0 Å². The monoisotopic (exact) mass is 192 g/mol. The molecule has 0 N–H and O–H groups in total. The predicted molar refractivity (Wildman–Crippen MR) is 54.5 cm³/mol. The highest BCUT2D eigenvalue weighted by molar-refractivity contribution is 5.93. The first-order valence-corrected chi connectivity index (χ1v) is 5.33. The second kappa shape index (κ2) is 3.56. The number of hydrogen-bond acceptors (Lipinski definition) is 2. The van der Waals surface area contributed by atoms with Gasteiger partial charge in [0.25, 0.3) is 0 Å². The molecule has 76 valence electrons. The van der Waals surface area contributed by atoms with Crippen LogP contribution in [0.3, 0.4) is 0 Å². The molecule has 0 aromatic carbocycles. The lowest BCUT2D eigenvalue weighted by Gasteiger charge is -2.15. The van der Waals surface area contributed by atoms with Crippen LogP contribution in [-0.4, -0.2) is 15.3 Å². The van der Waals surface area contributed by atoms with Crippen LogP contribution in [0.15, 0.2) is 0 Å². The Morgan fingerprint density at radius 2 is 2.29 bits per heavy atom. The second-order valence-corrected chi connectivity index (χ2v) is 3.84. The Hall–Kier alpha value is -1.12. The summed E-state index contributed by atoms with van der Waals surface area (Å²) in [5.41, 5.74) is 1.83. The highest BCUT2D eigenvalue weighted by Gasteiger charge is 2.20. The maximum Gasteiger partial charge on any atom is 0.178 e. The molecule has 0 bridgehead atoms. The largest absolute Gasteiger partial charge is 0.325 e. The molecule has 0 amide bonds. The molecule has 3 heteroatoms. The van der Waals surface area contributed by atoms with Crippen molar-refractivity contribution in [3.05, 3.63) is 17.2 Å². The van der Waals surface area contributed by atoms with E-state index in [0.717, 1.165) is 36.6 Å². The molecule has 0 spiro atoms. The summed E-state index contributed by atoms with van der Waals surface area (Å²) >= 11 is 0. The molecule has 0 radical (unpaired) electrons. The first-order chi connectivity index (χ1) is 6.74. The predicted octanol–water partition coefficient (Wildman–Crippen LogP) is 1.98. The van der Waals surface area contributed by atoms with E-state index < -0.39 is 0 Å². The van der Waals surface area contributed by atoms with Gasteiger partial charge >= 0.3 is 0 Å². The van der Waals surface area contributed by atoms with Crippen LogP contribution in [0.4, 0.5) is 0 Å². The minimum atomic E-state index is 0.155. The van der Waals surface area contributed by atoms with Gasteiger partial charge < -0.3 is 4.57 Å². The second-order valence-electron chi connectivity index (χ2n) is 3.84. The van der Waals surface area contributed by atoms with Crippen LogP contribution >= 0.6 is 0 Å². The Kier molecular flexibility index (Phi) is 2.40. The van der Waals surface area contributed by atoms with E-state index in [2.05, 4.69) is 16.5 Å². The van der Waals surface area contributed by atoms with Crippen LogP contribution in [0.5, 0.6) is 0 Å². The van der Waals surface area contributed by atoms with Crippen LogP contribution in [0.25, 0.3) is 0 Å². The van der Waals surface area contributed by atoms with Crippen LogP contribution in [0.1, 0.15) is 48.7 Å². The molecule has 2 heterocycles. The van der Waals surface area contributed by atoms with Gasteiger partial charge in [-0.2, -0.15) is 0 Å². The van der Waals surface area contributed by atoms with E-state index in [1.165, 1.54) is 12.8 Å². The third-order valence-electron chi connectivity index (χ3n) is 2.82. The van der Waals surface area contributed by atoms with E-state index in [0.29, 0.717) is 0 Å². The number of aromatic nitrogens is 2. The van der Waals surface area contributed by atoms with E-state index >= 15 is 0 Å². The van der Waals surface area contributed by atoms with Crippen molar-refractivity contribution in [3.8, 4) is 0 Å². The number of hydrogen-bond donors (Lipinski definition) is 0. The van der Waals surface area contributed by atoms with E-state index in [4.69, 9.17) is 0 Å². The smallest absolute Gasteiger partial charge is 0.178 e. The Labute approximate surface area is 84.1 Å². The van der Waals surface area contributed by atoms with E-state index in [1.807, 2.05) is 0 Å². The van der Waals surface area contributed by atoms with Crippen molar-refractivity contribution in [1.82, 2.24) is 9.55 Å². The Morgan fingerprint density at radius 3 is 2.93 bits per heavy atom. The molecule has 3 nitrogen and oxygen atoms in total. The molecule has 0 aliphatic carbocycles. The fourth-order valence-electron chi connectivity index (χ4n) is 2.18. The highest BCUT2D eigenvalue weighted by Crippen LogP contribution is 2.20. The molecule has 1 aromatic rings. The number of fused-ring (bicyclic) bond motifs is 1. The van der Waals surface area contributed by atoms with Gasteiger partial charge in [0.05, 0.1) is 5.69 Å². The molecule has 1 aliphatic heterocycles. The fraction of sp³-hybridized carbons (Fsp3) is 0.636. The summed E-state index contributed by atoms with van der Waals surface area (Å²) in [6.45, 7) is 4.66. The average Bonchev–Trinajstić information content (AvgIpc) is 2.55. The Bertz CT molecular complexity index is 366. The quantitative estimate of drug-likeness (QED) is 0.671. The minimum Gasteiger partial charge on any atom is -0.325 e. The van der Waals surface area contributed by atoms with Gasteiger partial charge in [-0.25, -0.2) is 4.98 Å². The van der Waals surface area contributed by atoms with Gasteiger partial charge in [0.1, 0.15) is 11.5 Å². The SMILES string of the molecule is CCc1nc2n(c1C(C)=O)CCCC2. The molecule has 14 heavy (non-hydrogen) atoms. The van der Waals surface area contributed by atoms with Crippen molar-refractivity contribution < 1.29 is 4.79 Å². The summed E-state index contributed by atoms with van der Waals surface area (Å²) in [7, 11) is 0. The van der Waals surface area contributed by atoms with E-state index in [-0.39, 0.29) is 5.78 Å². The van der Waals surface area contributed by atoms with Crippen molar-refractivity contribution >= 4 is 5.78 Å². The molecule has 2 rings (SSSR count). The fourth-order valence-corrected chi connectivity index (χ4v) is 2.18. The van der Waals surface area contributed by atoms with Crippen LogP contribution < -0.4 is 0 Å². The van der Waals surface area contributed by atoms with Gasteiger partial charge in [-0.05, 0) is 19.3 Å². The maximum absolute atomic E-state index is 11.5. The number of Topliss-reactive ketones (excluding diaryl/α,β-unsaturated/α-hetero) is 1. The van der Waals surface area contributed by atoms with Crippen molar-refractivity contribution in [1.29, 1.82) is 0 Å². The molecular weight excluding hydrogens is 176 g/mol. The number of rotatable bonds is 2. The number of carbonyl (C=O) groups is 1. The van der Waals surface area contributed by atoms with Gasteiger partial charge in [0.2, 0.25) is 0 Å². The molecule has 0 atom stereocenters. The third kappa shape index (κ3) is 1.37. The summed E-state index contributed by atoms with van der Waals surface area (Å²) in [6, 6.07) is 0. The lowest BCUT2D eigenvalue weighted by atomic mass is 10.1. The summed E-state index contributed by atoms with van der Waals surface area (Å²) in [6.07, 6.45) is 4.26. The molecule has 0 saturated heterocycles. The normalized spacial score (nSPS) is 15.3. The molecule has 0 saturated carbocycles. The van der Waals surface area contributed by atoms with Gasteiger partial charge in [-0.3, -0.25) is 4.79 Å². The van der Waals surface area contributed by atoms with Gasteiger partial charge in [-0.1, -0.05) is 6.92 Å². The summed E-state index contributed by atoms with van der Waals surface area (Å²) < 4.78 is 2.12. The van der Waals surface area contributed by atoms with Crippen molar-refractivity contribution in [3.63, 3.8) is 0 Å². The first kappa shape index (κ1) is 9.44. The van der Waals surface area contributed by atoms with Gasteiger partial charge in [0.15, 0.2) is 5.78 Å². The molecule has 0 unspecified atom stereocenters. The standard InChI is InChI=1S/C11H16N2O/c1-3-9-11(8(2)14)13-7-5-4-6-10(13)12-9/h3-7H2,1-2H3. The highest BCUT2D eigenvalue weighted by atomic mass is 16.1. The average molecular weight is 192 g/mol. The Balaban J connectivity index is 2.53. The van der Waals surface area contributed by atoms with Gasteiger partial charge in [0, 0.05) is 19.9 Å². The zero-order valence-corrected chi connectivity index (χ0v) is 8.84. The van der Waals surface area contributed by atoms with Crippen LogP contribution in [0, 0.1) is 0 Å². The van der Waals surface area contributed by atoms with Gasteiger partial charge in [-0.15, -0.1) is 0 Å². The van der Waals surface area contributed by atoms with Crippen LogP contribution in [-0.2, 0) is 19.4 Å². The zero-order chi connectivity index (χ0) is 10.1. The lowest BCUT2D eigenvalue weighted by molar-refractivity contribution is 0.100.